The first-order chi connectivity index (χ1) is 12.5. The molecule has 2 N–H and O–H groups in total. The van der Waals surface area contributed by atoms with Gasteiger partial charge in [-0.2, -0.15) is 0 Å². The lowest BCUT2D eigenvalue weighted by atomic mass is 9.98. The monoisotopic (exact) mass is 358 g/mol. The quantitative estimate of drug-likeness (QED) is 0.879. The first kappa shape index (κ1) is 17.6. The second kappa shape index (κ2) is 7.35. The zero-order chi connectivity index (χ0) is 18.7. The molecule has 5 nitrogen and oxygen atoms in total. The van der Waals surface area contributed by atoms with Crippen LogP contribution in [0.3, 0.4) is 0 Å². The van der Waals surface area contributed by atoms with Gasteiger partial charge in [-0.25, -0.2) is 8.78 Å². The largest absolute Gasteiger partial charge is 0.494 e. The highest BCUT2D eigenvalue weighted by molar-refractivity contribution is 6.04. The zero-order valence-corrected chi connectivity index (χ0v) is 13.9. The molecule has 0 aliphatic heterocycles. The minimum atomic E-state index is -1.07. The molecule has 1 aromatic carbocycles. The number of ether oxygens (including phenoxy) is 1. The topological polar surface area (TPSA) is 71.2 Å². The lowest BCUT2D eigenvalue weighted by Gasteiger charge is -2.11. The summed E-state index contributed by atoms with van der Waals surface area (Å²) in [6, 6.07) is 3.94. The van der Waals surface area contributed by atoms with E-state index in [1.54, 1.807) is 6.08 Å². The molecule has 3 rings (SSSR count). The summed E-state index contributed by atoms with van der Waals surface area (Å²) in [4.78, 5) is 27.8. The van der Waals surface area contributed by atoms with Crippen LogP contribution in [0.25, 0.3) is 5.57 Å². The number of allylic oxidation sites excluding steroid dienone is 4. The molecule has 0 fully saturated rings. The summed E-state index contributed by atoms with van der Waals surface area (Å²) in [7, 11) is 1.33. The van der Waals surface area contributed by atoms with E-state index in [0.717, 1.165) is 6.07 Å². The smallest absolute Gasteiger partial charge is 0.261 e. The first-order valence-corrected chi connectivity index (χ1v) is 7.88. The third-order valence-electron chi connectivity index (χ3n) is 3.96. The van der Waals surface area contributed by atoms with Crippen molar-refractivity contribution in [1.82, 2.24) is 4.98 Å². The van der Waals surface area contributed by atoms with E-state index in [-0.39, 0.29) is 29.0 Å². The van der Waals surface area contributed by atoms with Crippen molar-refractivity contribution in [3.05, 3.63) is 76.0 Å². The molecule has 0 saturated heterocycles. The fourth-order valence-corrected chi connectivity index (χ4v) is 2.60. The van der Waals surface area contributed by atoms with E-state index in [0.29, 0.717) is 5.57 Å². The Morgan fingerprint density at radius 3 is 2.81 bits per heavy atom. The molecule has 1 aliphatic carbocycles. The van der Waals surface area contributed by atoms with Crippen LogP contribution in [0.4, 0.5) is 14.5 Å². The van der Waals surface area contributed by atoms with E-state index in [1.807, 2.05) is 0 Å². The van der Waals surface area contributed by atoms with Gasteiger partial charge in [0.25, 0.3) is 5.91 Å². The Kier molecular flexibility index (Phi) is 4.97. The second-order valence-electron chi connectivity index (χ2n) is 5.69. The maximum Gasteiger partial charge on any atom is 0.261 e. The molecule has 1 heterocycles. The summed E-state index contributed by atoms with van der Waals surface area (Å²) >= 11 is 0. The van der Waals surface area contributed by atoms with Crippen molar-refractivity contribution in [1.29, 1.82) is 0 Å². The van der Waals surface area contributed by atoms with E-state index >= 15 is 0 Å². The van der Waals surface area contributed by atoms with E-state index in [9.17, 15) is 18.4 Å². The van der Waals surface area contributed by atoms with Crippen LogP contribution < -0.4 is 15.5 Å². The lowest BCUT2D eigenvalue weighted by Crippen LogP contribution is -2.24. The number of amides is 1. The van der Waals surface area contributed by atoms with Crippen molar-refractivity contribution < 1.29 is 18.3 Å². The third-order valence-corrected chi connectivity index (χ3v) is 3.96. The van der Waals surface area contributed by atoms with Gasteiger partial charge in [0.2, 0.25) is 5.43 Å². The van der Waals surface area contributed by atoms with Gasteiger partial charge in [0.05, 0.1) is 7.11 Å². The van der Waals surface area contributed by atoms with E-state index < -0.39 is 23.3 Å². The van der Waals surface area contributed by atoms with Gasteiger partial charge in [0.15, 0.2) is 11.6 Å². The minimum Gasteiger partial charge on any atom is -0.494 e. The van der Waals surface area contributed by atoms with Crippen molar-refractivity contribution in [2.45, 2.75) is 12.6 Å². The number of pyridine rings is 1. The number of aromatic nitrogens is 1. The molecule has 1 aromatic heterocycles. The van der Waals surface area contributed by atoms with Crippen LogP contribution in [0.2, 0.25) is 0 Å². The van der Waals surface area contributed by atoms with E-state index in [2.05, 4.69) is 10.3 Å². The highest BCUT2D eigenvalue weighted by Gasteiger charge is 2.17. The molecular formula is C19H16F2N2O3. The fraction of sp³-hybridized carbons (Fsp3) is 0.158. The second-order valence-corrected chi connectivity index (χ2v) is 5.69. The van der Waals surface area contributed by atoms with Crippen LogP contribution in [0, 0.1) is 5.82 Å². The van der Waals surface area contributed by atoms with Crippen molar-refractivity contribution in [3.8, 4) is 5.75 Å². The Balaban J connectivity index is 1.87. The SMILES string of the molecule is COc1ccc(NC(=O)c2c[nH]cc(C3=CCC(F)C=C3)c2=O)cc1F. The number of benzene rings is 1. The highest BCUT2D eigenvalue weighted by Crippen LogP contribution is 2.22. The summed E-state index contributed by atoms with van der Waals surface area (Å²) < 4.78 is 31.7. The average molecular weight is 358 g/mol. The molecule has 0 saturated carbocycles. The molecule has 26 heavy (non-hydrogen) atoms. The number of nitrogens with one attached hydrogen (secondary N) is 2. The van der Waals surface area contributed by atoms with Gasteiger partial charge in [-0.3, -0.25) is 9.59 Å². The average Bonchev–Trinajstić information content (AvgIpc) is 2.63. The van der Waals surface area contributed by atoms with Gasteiger partial charge in [-0.05, 0) is 23.8 Å². The molecule has 1 unspecified atom stereocenters. The molecule has 0 bridgehead atoms. The number of carbonyl (C=O) groups is 1. The summed E-state index contributed by atoms with van der Waals surface area (Å²) in [5, 5.41) is 2.48. The van der Waals surface area contributed by atoms with Crippen LogP contribution >= 0.6 is 0 Å². The van der Waals surface area contributed by atoms with E-state index in [4.69, 9.17) is 4.74 Å². The maximum atomic E-state index is 13.7. The number of hydrogen-bond donors (Lipinski definition) is 2. The summed E-state index contributed by atoms with van der Waals surface area (Å²) in [6.07, 6.45) is 6.31. The van der Waals surface area contributed by atoms with E-state index in [1.165, 1.54) is 43.8 Å². The number of carbonyl (C=O) groups excluding carboxylic acids is 1. The Morgan fingerprint density at radius 1 is 1.35 bits per heavy atom. The van der Waals surface area contributed by atoms with Gasteiger partial charge in [-0.15, -0.1) is 0 Å². The number of hydrogen-bond acceptors (Lipinski definition) is 3. The van der Waals surface area contributed by atoms with Crippen LogP contribution in [0.5, 0.6) is 5.75 Å². The molecule has 7 heteroatoms. The molecule has 1 aliphatic rings. The van der Waals surface area contributed by atoms with Gasteiger partial charge < -0.3 is 15.0 Å². The van der Waals surface area contributed by atoms with Gasteiger partial charge in [-0.1, -0.05) is 12.2 Å². The van der Waals surface area contributed by atoms with Crippen LogP contribution in [-0.4, -0.2) is 24.2 Å². The standard InChI is InChI=1S/C19H16F2N2O3/c1-26-17-7-6-13(8-16(17)21)23-19(25)15-10-22-9-14(18(15)24)11-2-4-12(20)5-3-11/h2-4,6-10,12H,5H2,1H3,(H,22,24)(H,23,25). The molecule has 0 radical (unpaired) electrons. The lowest BCUT2D eigenvalue weighted by molar-refractivity contribution is 0.102. The third kappa shape index (κ3) is 3.56. The number of anilines is 1. The maximum absolute atomic E-state index is 13.7. The van der Waals surface area contributed by atoms with Crippen molar-refractivity contribution >= 4 is 17.2 Å². The fourth-order valence-electron chi connectivity index (χ4n) is 2.60. The summed E-state index contributed by atoms with van der Waals surface area (Å²) in [5.74, 6) is -1.27. The molecule has 2 aromatic rings. The van der Waals surface area contributed by atoms with Crippen molar-refractivity contribution in [2.24, 2.45) is 0 Å². The molecule has 1 amide bonds. The first-order valence-electron chi connectivity index (χ1n) is 7.88. The highest BCUT2D eigenvalue weighted by atomic mass is 19.1. The predicted octanol–water partition coefficient (Wildman–Crippen LogP) is 3.46. The number of aromatic amines is 1. The number of alkyl halides is 1. The molecule has 134 valence electrons. The summed E-state index contributed by atoms with van der Waals surface area (Å²) in [6.45, 7) is 0. The molecule has 0 spiro atoms. The van der Waals surface area contributed by atoms with Gasteiger partial charge >= 0.3 is 0 Å². The van der Waals surface area contributed by atoms with Crippen molar-refractivity contribution in [2.75, 3.05) is 12.4 Å². The number of methoxy groups -OCH3 is 1. The number of H-pyrrole nitrogens is 1. The van der Waals surface area contributed by atoms with Gasteiger partial charge in [0.1, 0.15) is 11.7 Å². The van der Waals surface area contributed by atoms with Crippen LogP contribution in [0.1, 0.15) is 22.3 Å². The molecular weight excluding hydrogens is 342 g/mol. The van der Waals surface area contributed by atoms with Gasteiger partial charge in [0, 0.05) is 36.1 Å². The minimum absolute atomic E-state index is 0.0463. The van der Waals surface area contributed by atoms with Crippen LogP contribution in [0.15, 0.2) is 53.6 Å². The van der Waals surface area contributed by atoms with Crippen LogP contribution in [-0.2, 0) is 0 Å². The Bertz CT molecular complexity index is 963. The Labute approximate surface area is 148 Å². The molecule has 1 atom stereocenters. The number of halogens is 2. The zero-order valence-electron chi connectivity index (χ0n) is 13.9. The van der Waals surface area contributed by atoms with Crippen molar-refractivity contribution in [3.63, 3.8) is 0 Å². The Morgan fingerprint density at radius 2 is 2.15 bits per heavy atom. The number of rotatable bonds is 4. The summed E-state index contributed by atoms with van der Waals surface area (Å²) in [5.41, 5.74) is 0.376. The predicted molar refractivity (Wildman–Crippen MR) is 94.6 cm³/mol. The normalized spacial score (nSPS) is 16.1. The Hall–Kier alpha value is -3.22.